The number of halogens is 2. The van der Waals surface area contributed by atoms with E-state index in [1.807, 2.05) is 7.05 Å². The van der Waals surface area contributed by atoms with Crippen LogP contribution in [0.15, 0.2) is 12.1 Å². The average Bonchev–Trinajstić information content (AvgIpc) is 2.17. The van der Waals surface area contributed by atoms with Crippen LogP contribution in [0, 0.1) is 0 Å². The molecule has 2 N–H and O–H groups in total. The van der Waals surface area contributed by atoms with Crippen molar-refractivity contribution in [2.75, 3.05) is 20.3 Å². The van der Waals surface area contributed by atoms with Crippen molar-refractivity contribution in [1.29, 1.82) is 0 Å². The van der Waals surface area contributed by atoms with Crippen molar-refractivity contribution in [3.8, 4) is 5.75 Å². The molecule has 0 unspecified atom stereocenters. The Bertz CT molecular complexity index is 331. The third-order valence-electron chi connectivity index (χ3n) is 1.79. The van der Waals surface area contributed by atoms with Crippen molar-refractivity contribution in [3.05, 3.63) is 27.7 Å². The van der Waals surface area contributed by atoms with Gasteiger partial charge in [0.2, 0.25) is 0 Å². The highest BCUT2D eigenvalue weighted by atomic mass is 35.5. The number of benzene rings is 1. The van der Waals surface area contributed by atoms with Crippen molar-refractivity contribution < 1.29 is 9.84 Å². The van der Waals surface area contributed by atoms with Gasteiger partial charge in [0.1, 0.15) is 12.4 Å². The van der Waals surface area contributed by atoms with Crippen molar-refractivity contribution in [3.63, 3.8) is 0 Å². The lowest BCUT2D eigenvalue weighted by Crippen LogP contribution is -2.09. The summed E-state index contributed by atoms with van der Waals surface area (Å²) >= 11 is 11.9. The van der Waals surface area contributed by atoms with E-state index in [-0.39, 0.29) is 13.2 Å². The predicted octanol–water partition coefficient (Wildman–Crippen LogP) is 2.08. The second-order valence-electron chi connectivity index (χ2n) is 2.98. The van der Waals surface area contributed by atoms with E-state index in [4.69, 9.17) is 33.0 Å². The molecule has 5 heteroatoms. The SMILES string of the molecule is CNCc1cc(Cl)cc(Cl)c1OCCO. The first-order chi connectivity index (χ1) is 7.19. The number of ether oxygens (including phenoxy) is 1. The monoisotopic (exact) mass is 249 g/mol. The van der Waals surface area contributed by atoms with Crippen LogP contribution in [-0.4, -0.2) is 25.4 Å². The Hall–Kier alpha value is -0.480. The maximum atomic E-state index is 8.68. The summed E-state index contributed by atoms with van der Waals surface area (Å²) in [5, 5.41) is 12.7. The zero-order valence-electron chi connectivity index (χ0n) is 8.39. The van der Waals surface area contributed by atoms with Crippen molar-refractivity contribution in [2.45, 2.75) is 6.54 Å². The van der Waals surface area contributed by atoms with E-state index in [1.54, 1.807) is 12.1 Å². The number of aliphatic hydroxyl groups excluding tert-OH is 1. The number of hydrogen-bond donors (Lipinski definition) is 2. The second kappa shape index (κ2) is 6.18. The van der Waals surface area contributed by atoms with E-state index in [2.05, 4.69) is 5.32 Å². The molecule has 0 saturated heterocycles. The van der Waals surface area contributed by atoms with Gasteiger partial charge in [-0.3, -0.25) is 0 Å². The minimum Gasteiger partial charge on any atom is -0.489 e. The highest BCUT2D eigenvalue weighted by Gasteiger charge is 2.09. The highest BCUT2D eigenvalue weighted by molar-refractivity contribution is 6.35. The van der Waals surface area contributed by atoms with Crippen LogP contribution in [-0.2, 0) is 6.54 Å². The smallest absolute Gasteiger partial charge is 0.142 e. The lowest BCUT2D eigenvalue weighted by Gasteiger charge is -2.12. The molecule has 0 aliphatic rings. The van der Waals surface area contributed by atoms with Gasteiger partial charge in [-0.05, 0) is 19.2 Å². The Labute approximate surface area is 99.0 Å². The topological polar surface area (TPSA) is 41.5 Å². The Morgan fingerprint density at radius 1 is 1.40 bits per heavy atom. The standard InChI is InChI=1S/C10H13Cl2NO2/c1-13-6-7-4-8(11)5-9(12)10(7)15-3-2-14/h4-5,13-14H,2-3,6H2,1H3. The quantitative estimate of drug-likeness (QED) is 0.840. The molecular weight excluding hydrogens is 237 g/mol. The Morgan fingerprint density at radius 3 is 2.73 bits per heavy atom. The molecule has 1 aromatic rings. The first kappa shape index (κ1) is 12.6. The van der Waals surface area contributed by atoms with Gasteiger partial charge in [-0.1, -0.05) is 23.2 Å². The third-order valence-corrected chi connectivity index (χ3v) is 2.29. The van der Waals surface area contributed by atoms with Crippen LogP contribution in [0.25, 0.3) is 0 Å². The van der Waals surface area contributed by atoms with Crippen LogP contribution < -0.4 is 10.1 Å². The fourth-order valence-electron chi connectivity index (χ4n) is 1.24. The van der Waals surface area contributed by atoms with Gasteiger partial charge in [-0.25, -0.2) is 0 Å². The molecule has 15 heavy (non-hydrogen) atoms. The van der Waals surface area contributed by atoms with Crippen LogP contribution in [0.1, 0.15) is 5.56 Å². The molecule has 1 rings (SSSR count). The zero-order chi connectivity index (χ0) is 11.3. The van der Waals surface area contributed by atoms with Gasteiger partial charge in [0.15, 0.2) is 0 Å². The predicted molar refractivity (Wildman–Crippen MR) is 61.8 cm³/mol. The summed E-state index contributed by atoms with van der Waals surface area (Å²) in [5.41, 5.74) is 0.878. The molecule has 84 valence electrons. The van der Waals surface area contributed by atoms with Crippen LogP contribution >= 0.6 is 23.2 Å². The van der Waals surface area contributed by atoms with Crippen molar-refractivity contribution >= 4 is 23.2 Å². The van der Waals surface area contributed by atoms with E-state index in [9.17, 15) is 0 Å². The maximum absolute atomic E-state index is 8.68. The van der Waals surface area contributed by atoms with Crippen LogP contribution in [0.2, 0.25) is 10.0 Å². The molecule has 0 fully saturated rings. The summed E-state index contributed by atoms with van der Waals surface area (Å²) < 4.78 is 5.34. The maximum Gasteiger partial charge on any atom is 0.142 e. The Kier molecular flexibility index (Phi) is 5.19. The number of hydrogen-bond acceptors (Lipinski definition) is 3. The van der Waals surface area contributed by atoms with Gasteiger partial charge >= 0.3 is 0 Å². The summed E-state index contributed by atoms with van der Waals surface area (Å²) in [4.78, 5) is 0. The highest BCUT2D eigenvalue weighted by Crippen LogP contribution is 2.32. The summed E-state index contributed by atoms with van der Waals surface area (Å²) in [6, 6.07) is 3.41. The molecule has 1 aromatic carbocycles. The lowest BCUT2D eigenvalue weighted by atomic mass is 10.2. The van der Waals surface area contributed by atoms with E-state index in [1.165, 1.54) is 0 Å². The van der Waals surface area contributed by atoms with Gasteiger partial charge in [0.25, 0.3) is 0 Å². The van der Waals surface area contributed by atoms with Gasteiger partial charge < -0.3 is 15.2 Å². The molecule has 0 aromatic heterocycles. The third kappa shape index (κ3) is 3.54. The molecular formula is C10H13Cl2NO2. The Balaban J connectivity index is 2.97. The number of rotatable bonds is 5. The summed E-state index contributed by atoms with van der Waals surface area (Å²) in [6.45, 7) is 0.789. The second-order valence-corrected chi connectivity index (χ2v) is 3.82. The van der Waals surface area contributed by atoms with E-state index in [0.717, 1.165) is 5.56 Å². The molecule has 0 amide bonds. The van der Waals surface area contributed by atoms with E-state index in [0.29, 0.717) is 22.3 Å². The molecule has 3 nitrogen and oxygen atoms in total. The van der Waals surface area contributed by atoms with Gasteiger partial charge in [-0.15, -0.1) is 0 Å². The van der Waals surface area contributed by atoms with Crippen LogP contribution in [0.3, 0.4) is 0 Å². The largest absolute Gasteiger partial charge is 0.489 e. The molecule has 0 saturated carbocycles. The summed E-state index contributed by atoms with van der Waals surface area (Å²) in [5.74, 6) is 0.574. The summed E-state index contributed by atoms with van der Waals surface area (Å²) in [6.07, 6.45) is 0. The molecule has 0 bridgehead atoms. The number of nitrogens with one attached hydrogen (secondary N) is 1. The molecule has 0 aliphatic carbocycles. The van der Waals surface area contributed by atoms with Crippen molar-refractivity contribution in [1.82, 2.24) is 5.32 Å². The normalized spacial score (nSPS) is 10.4. The molecule has 0 atom stereocenters. The molecule has 0 spiro atoms. The van der Waals surface area contributed by atoms with E-state index >= 15 is 0 Å². The summed E-state index contributed by atoms with van der Waals surface area (Å²) in [7, 11) is 1.82. The zero-order valence-corrected chi connectivity index (χ0v) is 9.90. The minimum atomic E-state index is -0.0437. The average molecular weight is 250 g/mol. The minimum absolute atomic E-state index is 0.0437. The molecule has 0 aliphatic heterocycles. The molecule has 0 radical (unpaired) electrons. The lowest BCUT2D eigenvalue weighted by molar-refractivity contribution is 0.200. The van der Waals surface area contributed by atoms with Crippen LogP contribution in [0.4, 0.5) is 0 Å². The van der Waals surface area contributed by atoms with Gasteiger partial charge in [0.05, 0.1) is 11.6 Å². The first-order valence-corrected chi connectivity index (χ1v) is 5.30. The van der Waals surface area contributed by atoms with Gasteiger partial charge in [-0.2, -0.15) is 0 Å². The molecule has 0 heterocycles. The Morgan fingerprint density at radius 2 is 2.13 bits per heavy atom. The van der Waals surface area contributed by atoms with Crippen LogP contribution in [0.5, 0.6) is 5.75 Å². The van der Waals surface area contributed by atoms with Gasteiger partial charge in [0, 0.05) is 17.1 Å². The fraction of sp³-hybridized carbons (Fsp3) is 0.400. The van der Waals surface area contributed by atoms with E-state index < -0.39 is 0 Å². The fourth-order valence-corrected chi connectivity index (χ4v) is 1.83. The number of aliphatic hydroxyl groups is 1. The van der Waals surface area contributed by atoms with Crippen molar-refractivity contribution in [2.24, 2.45) is 0 Å². The first-order valence-electron chi connectivity index (χ1n) is 4.55.